The van der Waals surface area contributed by atoms with Gasteiger partial charge in [0, 0.05) is 39.3 Å². The number of halogens is 1. The Labute approximate surface area is 145 Å². The molecule has 1 aliphatic heterocycles. The highest BCUT2D eigenvalue weighted by molar-refractivity contribution is 14.0. The van der Waals surface area contributed by atoms with E-state index in [0.717, 1.165) is 45.3 Å². The van der Waals surface area contributed by atoms with E-state index in [1.165, 1.54) is 19.3 Å². The minimum absolute atomic E-state index is 0. The maximum absolute atomic E-state index is 5.27. The van der Waals surface area contributed by atoms with E-state index in [2.05, 4.69) is 22.5 Å². The van der Waals surface area contributed by atoms with Gasteiger partial charge in [0.15, 0.2) is 5.96 Å². The fourth-order valence-corrected chi connectivity index (χ4v) is 2.85. The maximum atomic E-state index is 5.27. The molecule has 2 fully saturated rings. The van der Waals surface area contributed by atoms with Crippen LogP contribution in [0.5, 0.6) is 0 Å². The molecule has 1 aliphatic carbocycles. The summed E-state index contributed by atoms with van der Waals surface area (Å²) >= 11 is 0. The lowest BCUT2D eigenvalue weighted by Crippen LogP contribution is -2.52. The molecule has 1 saturated heterocycles. The van der Waals surface area contributed by atoms with Crippen molar-refractivity contribution in [3.8, 4) is 0 Å². The molecule has 1 saturated carbocycles. The van der Waals surface area contributed by atoms with Gasteiger partial charge in [-0.15, -0.1) is 24.0 Å². The molecule has 2 N–H and O–H groups in total. The molecular weight excluding hydrogens is 381 g/mol. The highest BCUT2D eigenvalue weighted by Crippen LogP contribution is 2.43. The number of nitrogens with zero attached hydrogens (tertiary/aromatic N) is 1. The number of hydrogen-bond donors (Lipinski definition) is 2. The second-order valence-corrected chi connectivity index (χ2v) is 6.68. The van der Waals surface area contributed by atoms with Gasteiger partial charge in [-0.1, -0.05) is 13.3 Å². The van der Waals surface area contributed by atoms with Gasteiger partial charge in [0.2, 0.25) is 0 Å². The Morgan fingerprint density at radius 1 is 1.24 bits per heavy atom. The van der Waals surface area contributed by atoms with Crippen molar-refractivity contribution in [1.29, 1.82) is 0 Å². The molecule has 0 aromatic heterocycles. The second-order valence-electron chi connectivity index (χ2n) is 6.68. The van der Waals surface area contributed by atoms with Crippen LogP contribution in [0, 0.1) is 10.8 Å². The summed E-state index contributed by atoms with van der Waals surface area (Å²) < 4.78 is 10.5. The summed E-state index contributed by atoms with van der Waals surface area (Å²) in [5, 5.41) is 6.90. The van der Waals surface area contributed by atoms with Crippen molar-refractivity contribution in [1.82, 2.24) is 10.6 Å². The van der Waals surface area contributed by atoms with Crippen molar-refractivity contribution in [2.24, 2.45) is 15.8 Å². The van der Waals surface area contributed by atoms with Crippen LogP contribution in [0.15, 0.2) is 4.99 Å². The predicted octanol–water partition coefficient (Wildman–Crippen LogP) is 2.01. The van der Waals surface area contributed by atoms with E-state index in [1.54, 1.807) is 7.11 Å². The van der Waals surface area contributed by atoms with Crippen molar-refractivity contribution >= 4 is 29.9 Å². The van der Waals surface area contributed by atoms with E-state index in [-0.39, 0.29) is 29.4 Å². The minimum atomic E-state index is 0. The topological polar surface area (TPSA) is 54.9 Å². The molecule has 0 aromatic carbocycles. The lowest BCUT2D eigenvalue weighted by atomic mass is 9.67. The standard InChI is InChI=1S/C15H29N3O2.HI/c1-14(11-20-12-14)9-17-13(16-2)18-10-15(5-4-6-15)7-8-19-3;/h4-12H2,1-3H3,(H2,16,17,18);1H. The summed E-state index contributed by atoms with van der Waals surface area (Å²) in [5.74, 6) is 0.904. The number of nitrogens with one attached hydrogen (secondary N) is 2. The van der Waals surface area contributed by atoms with Crippen LogP contribution in [0.25, 0.3) is 0 Å². The molecule has 0 spiro atoms. The van der Waals surface area contributed by atoms with Crippen molar-refractivity contribution in [2.75, 3.05) is 47.1 Å². The third-order valence-corrected chi connectivity index (χ3v) is 4.69. The van der Waals surface area contributed by atoms with Gasteiger partial charge in [0.05, 0.1) is 13.2 Å². The molecule has 6 heteroatoms. The molecule has 2 aliphatic rings. The molecule has 0 aromatic rings. The predicted molar refractivity (Wildman–Crippen MR) is 96.5 cm³/mol. The molecule has 0 radical (unpaired) electrons. The first-order valence-electron chi connectivity index (χ1n) is 7.63. The fraction of sp³-hybridized carbons (Fsp3) is 0.933. The van der Waals surface area contributed by atoms with E-state index in [1.807, 2.05) is 7.05 Å². The van der Waals surface area contributed by atoms with E-state index < -0.39 is 0 Å². The van der Waals surface area contributed by atoms with Crippen LogP contribution in [0.2, 0.25) is 0 Å². The van der Waals surface area contributed by atoms with Crippen LogP contribution in [-0.2, 0) is 9.47 Å². The number of rotatable bonds is 7. The van der Waals surface area contributed by atoms with Gasteiger partial charge >= 0.3 is 0 Å². The van der Waals surface area contributed by atoms with Crippen molar-refractivity contribution in [3.63, 3.8) is 0 Å². The summed E-state index contributed by atoms with van der Waals surface area (Å²) in [6.45, 7) is 6.68. The maximum Gasteiger partial charge on any atom is 0.191 e. The Morgan fingerprint density at radius 3 is 2.33 bits per heavy atom. The molecule has 2 rings (SSSR count). The zero-order valence-electron chi connectivity index (χ0n) is 13.5. The highest BCUT2D eigenvalue weighted by Gasteiger charge is 2.37. The Bertz CT molecular complexity index is 342. The summed E-state index contributed by atoms with van der Waals surface area (Å²) in [6, 6.07) is 0. The summed E-state index contributed by atoms with van der Waals surface area (Å²) in [4.78, 5) is 4.31. The number of aliphatic imine (C=N–C) groups is 1. The Hall–Kier alpha value is -0.0800. The molecule has 5 nitrogen and oxygen atoms in total. The van der Waals surface area contributed by atoms with Gasteiger partial charge in [-0.2, -0.15) is 0 Å². The van der Waals surface area contributed by atoms with Gasteiger partial charge in [0.25, 0.3) is 0 Å². The van der Waals surface area contributed by atoms with Crippen LogP contribution in [0.4, 0.5) is 0 Å². The molecule has 21 heavy (non-hydrogen) atoms. The zero-order valence-corrected chi connectivity index (χ0v) is 15.9. The monoisotopic (exact) mass is 411 g/mol. The molecule has 0 unspecified atom stereocenters. The van der Waals surface area contributed by atoms with Gasteiger partial charge in [-0.3, -0.25) is 4.99 Å². The first kappa shape index (κ1) is 19.0. The molecular formula is C15H30IN3O2. The van der Waals surface area contributed by atoms with Crippen molar-refractivity contribution < 1.29 is 9.47 Å². The van der Waals surface area contributed by atoms with Crippen LogP contribution in [0.3, 0.4) is 0 Å². The first-order valence-corrected chi connectivity index (χ1v) is 7.63. The molecule has 0 bridgehead atoms. The number of guanidine groups is 1. The Morgan fingerprint density at radius 2 is 1.90 bits per heavy atom. The molecule has 124 valence electrons. The SMILES string of the molecule is CN=C(NCC1(C)COC1)NCC1(CCOC)CCC1.I. The second kappa shape index (κ2) is 8.53. The van der Waals surface area contributed by atoms with Crippen LogP contribution in [0.1, 0.15) is 32.6 Å². The largest absolute Gasteiger partial charge is 0.385 e. The van der Waals surface area contributed by atoms with E-state index >= 15 is 0 Å². The fourth-order valence-electron chi connectivity index (χ4n) is 2.85. The first-order chi connectivity index (χ1) is 9.61. The summed E-state index contributed by atoms with van der Waals surface area (Å²) in [7, 11) is 3.61. The zero-order chi connectivity index (χ0) is 14.5. The molecule has 0 amide bonds. The third kappa shape index (κ3) is 5.25. The van der Waals surface area contributed by atoms with Gasteiger partial charge in [-0.25, -0.2) is 0 Å². The highest BCUT2D eigenvalue weighted by atomic mass is 127. The third-order valence-electron chi connectivity index (χ3n) is 4.69. The molecule has 1 heterocycles. The number of methoxy groups -OCH3 is 1. The number of ether oxygens (including phenoxy) is 2. The Kier molecular flexibility index (Phi) is 7.70. The lowest BCUT2D eigenvalue weighted by Gasteiger charge is -2.43. The van der Waals surface area contributed by atoms with Gasteiger partial charge < -0.3 is 20.1 Å². The van der Waals surface area contributed by atoms with E-state index in [4.69, 9.17) is 9.47 Å². The van der Waals surface area contributed by atoms with Crippen molar-refractivity contribution in [2.45, 2.75) is 32.6 Å². The lowest BCUT2D eigenvalue weighted by molar-refractivity contribution is -0.0971. The van der Waals surface area contributed by atoms with Crippen LogP contribution >= 0.6 is 24.0 Å². The van der Waals surface area contributed by atoms with Crippen LogP contribution < -0.4 is 10.6 Å². The smallest absolute Gasteiger partial charge is 0.191 e. The van der Waals surface area contributed by atoms with E-state index in [9.17, 15) is 0 Å². The number of hydrogen-bond acceptors (Lipinski definition) is 3. The summed E-state index contributed by atoms with van der Waals surface area (Å²) in [5.41, 5.74) is 0.680. The van der Waals surface area contributed by atoms with Gasteiger partial charge in [-0.05, 0) is 24.7 Å². The average molecular weight is 411 g/mol. The summed E-state index contributed by atoms with van der Waals surface area (Å²) in [6.07, 6.45) is 5.07. The average Bonchev–Trinajstić information content (AvgIpc) is 2.38. The minimum Gasteiger partial charge on any atom is -0.385 e. The normalized spacial score (nSPS) is 22.5. The quantitative estimate of drug-likeness (QED) is 0.383. The van der Waals surface area contributed by atoms with E-state index in [0.29, 0.717) is 5.41 Å². The Balaban J connectivity index is 0.00000220. The van der Waals surface area contributed by atoms with Crippen molar-refractivity contribution in [3.05, 3.63) is 0 Å². The van der Waals surface area contributed by atoms with Gasteiger partial charge in [0.1, 0.15) is 0 Å². The van der Waals surface area contributed by atoms with Crippen LogP contribution in [-0.4, -0.2) is 53.0 Å². The molecule has 0 atom stereocenters.